The summed E-state index contributed by atoms with van der Waals surface area (Å²) < 4.78 is 0. The molecule has 37 heavy (non-hydrogen) atoms. The van der Waals surface area contributed by atoms with Crippen LogP contribution in [0.4, 0.5) is 0 Å². The van der Waals surface area contributed by atoms with E-state index in [4.69, 9.17) is 5.73 Å². The van der Waals surface area contributed by atoms with Gasteiger partial charge in [-0.3, -0.25) is 5.73 Å². The summed E-state index contributed by atoms with van der Waals surface area (Å²) in [6, 6.07) is 0. The van der Waals surface area contributed by atoms with Gasteiger partial charge in [-0.15, -0.1) is 0 Å². The number of quaternary nitrogens is 1. The van der Waals surface area contributed by atoms with Crippen molar-refractivity contribution in [2.45, 2.75) is 159 Å². The summed E-state index contributed by atoms with van der Waals surface area (Å²) in [6.45, 7) is 3.29. The van der Waals surface area contributed by atoms with Crippen molar-refractivity contribution >= 4 is 5.97 Å². The number of carboxylic acid groups (broad SMARTS) is 1. The SMILES string of the molecule is CCCCCCCC(O)CCCCCCC(C(=O)[O-])C(O)CCC1(O)CCC(CC2CC[NH2+]C(N)C2)C1. The Morgan fingerprint density at radius 1 is 0.973 bits per heavy atom. The second kappa shape index (κ2) is 17.8. The van der Waals surface area contributed by atoms with Crippen LogP contribution in [-0.2, 0) is 4.79 Å². The molecule has 7 unspecified atom stereocenters. The van der Waals surface area contributed by atoms with Crippen LogP contribution in [0, 0.1) is 17.8 Å². The average molecular weight is 527 g/mol. The van der Waals surface area contributed by atoms with E-state index in [1.54, 1.807) is 0 Å². The van der Waals surface area contributed by atoms with Crippen molar-refractivity contribution in [1.82, 2.24) is 0 Å². The third-order valence-corrected chi connectivity index (χ3v) is 9.12. The third-order valence-electron chi connectivity index (χ3n) is 9.12. The first-order valence-electron chi connectivity index (χ1n) is 15.6. The molecule has 7 atom stereocenters. The number of hydrogen-bond donors (Lipinski definition) is 5. The molecule has 0 amide bonds. The van der Waals surface area contributed by atoms with Crippen molar-refractivity contribution in [2.75, 3.05) is 6.54 Å². The zero-order chi connectivity index (χ0) is 27.1. The molecule has 1 saturated heterocycles. The molecular formula is C30H58N2O5. The summed E-state index contributed by atoms with van der Waals surface area (Å²) in [6.07, 6.45) is 17.3. The Balaban J connectivity index is 1.59. The number of carboxylic acids is 1. The van der Waals surface area contributed by atoms with E-state index in [1.165, 1.54) is 32.1 Å². The Hall–Kier alpha value is -0.730. The lowest BCUT2D eigenvalue weighted by atomic mass is 9.84. The highest BCUT2D eigenvalue weighted by Gasteiger charge is 2.39. The summed E-state index contributed by atoms with van der Waals surface area (Å²) in [4.78, 5) is 11.7. The van der Waals surface area contributed by atoms with E-state index < -0.39 is 23.6 Å². The Kier molecular flexibility index (Phi) is 15.6. The van der Waals surface area contributed by atoms with E-state index in [0.717, 1.165) is 83.6 Å². The lowest BCUT2D eigenvalue weighted by molar-refractivity contribution is -0.699. The van der Waals surface area contributed by atoms with Gasteiger partial charge >= 0.3 is 0 Å². The van der Waals surface area contributed by atoms with Crippen LogP contribution in [0.5, 0.6) is 0 Å². The summed E-state index contributed by atoms with van der Waals surface area (Å²) in [7, 11) is 0. The first kappa shape index (κ1) is 32.5. The predicted molar refractivity (Wildman–Crippen MR) is 145 cm³/mol. The van der Waals surface area contributed by atoms with Crippen molar-refractivity contribution in [3.63, 3.8) is 0 Å². The van der Waals surface area contributed by atoms with E-state index in [9.17, 15) is 25.2 Å². The van der Waals surface area contributed by atoms with E-state index in [-0.39, 0.29) is 12.3 Å². The van der Waals surface area contributed by atoms with Crippen molar-refractivity contribution in [1.29, 1.82) is 0 Å². The predicted octanol–water partition coefficient (Wildman–Crippen LogP) is 2.74. The van der Waals surface area contributed by atoms with Gasteiger partial charge in [-0.25, -0.2) is 0 Å². The minimum atomic E-state index is -1.19. The number of rotatable bonds is 20. The molecule has 0 aromatic heterocycles. The van der Waals surface area contributed by atoms with Gasteiger partial charge in [0.25, 0.3) is 0 Å². The minimum absolute atomic E-state index is 0.201. The van der Waals surface area contributed by atoms with Crippen LogP contribution in [-0.4, -0.2) is 51.8 Å². The second-order valence-electron chi connectivity index (χ2n) is 12.5. The zero-order valence-corrected chi connectivity index (χ0v) is 23.6. The molecule has 2 rings (SSSR count). The molecule has 7 heteroatoms. The van der Waals surface area contributed by atoms with Crippen molar-refractivity contribution < 1.29 is 30.5 Å². The fourth-order valence-electron chi connectivity index (χ4n) is 6.78. The maximum absolute atomic E-state index is 11.7. The molecule has 218 valence electrons. The molecule has 2 aliphatic rings. The van der Waals surface area contributed by atoms with Crippen LogP contribution < -0.4 is 16.2 Å². The van der Waals surface area contributed by atoms with Crippen LogP contribution in [0.3, 0.4) is 0 Å². The van der Waals surface area contributed by atoms with Gasteiger partial charge in [0, 0.05) is 18.3 Å². The molecule has 1 aliphatic carbocycles. The topological polar surface area (TPSA) is 143 Å². The van der Waals surface area contributed by atoms with Gasteiger partial charge in [0.05, 0.1) is 24.4 Å². The Morgan fingerprint density at radius 2 is 1.62 bits per heavy atom. The highest BCUT2D eigenvalue weighted by molar-refractivity contribution is 5.68. The van der Waals surface area contributed by atoms with Crippen LogP contribution in [0.2, 0.25) is 0 Å². The normalized spacial score (nSPS) is 28.7. The fraction of sp³-hybridized carbons (Fsp3) is 0.967. The Morgan fingerprint density at radius 3 is 2.24 bits per heavy atom. The van der Waals surface area contributed by atoms with Crippen molar-refractivity contribution in [3.8, 4) is 0 Å². The summed E-state index contributed by atoms with van der Waals surface area (Å²) in [5.74, 6) is -0.935. The van der Waals surface area contributed by atoms with Crippen LogP contribution in [0.25, 0.3) is 0 Å². The van der Waals surface area contributed by atoms with Crippen LogP contribution >= 0.6 is 0 Å². The van der Waals surface area contributed by atoms with E-state index >= 15 is 0 Å². The second-order valence-corrected chi connectivity index (χ2v) is 12.5. The maximum Gasteiger partial charge on any atom is 0.137 e. The molecule has 1 saturated carbocycles. The fourth-order valence-corrected chi connectivity index (χ4v) is 6.78. The third kappa shape index (κ3) is 13.3. The minimum Gasteiger partial charge on any atom is -0.550 e. The van der Waals surface area contributed by atoms with E-state index in [2.05, 4.69) is 12.2 Å². The van der Waals surface area contributed by atoms with Crippen LogP contribution in [0.15, 0.2) is 0 Å². The number of hydrogen-bond acceptors (Lipinski definition) is 6. The summed E-state index contributed by atoms with van der Waals surface area (Å²) >= 11 is 0. The molecule has 1 aliphatic heterocycles. The molecule has 0 aromatic rings. The first-order valence-corrected chi connectivity index (χ1v) is 15.6. The number of aliphatic hydroxyl groups excluding tert-OH is 2. The molecule has 1 heterocycles. The largest absolute Gasteiger partial charge is 0.550 e. The summed E-state index contributed by atoms with van der Waals surface area (Å²) in [5.41, 5.74) is 5.30. The smallest absolute Gasteiger partial charge is 0.137 e. The first-order chi connectivity index (χ1) is 17.7. The highest BCUT2D eigenvalue weighted by atomic mass is 16.4. The number of aliphatic carboxylic acids is 1. The van der Waals surface area contributed by atoms with Gasteiger partial charge in [0.15, 0.2) is 0 Å². The number of aliphatic hydroxyl groups is 3. The molecule has 0 bridgehead atoms. The number of carbonyl (C=O) groups excluding carboxylic acids is 1. The number of carbonyl (C=O) groups is 1. The summed E-state index contributed by atoms with van der Waals surface area (Å²) in [5, 5.41) is 45.8. The number of piperidine rings is 1. The van der Waals surface area contributed by atoms with Gasteiger partial charge in [-0.1, -0.05) is 64.7 Å². The van der Waals surface area contributed by atoms with Crippen molar-refractivity contribution in [2.24, 2.45) is 23.5 Å². The molecule has 7 N–H and O–H groups in total. The molecular weight excluding hydrogens is 468 g/mol. The quantitative estimate of drug-likeness (QED) is 0.154. The standard InChI is InChI=1S/C30H58N2O5/c1-2-3-4-5-8-11-25(33)12-9-6-7-10-13-26(29(35)36)27(34)15-18-30(37)17-14-24(22-30)20-23-16-19-32-28(31)21-23/h23-28,32-34,37H,2-22,31H2,1H3,(H,35,36). The van der Waals surface area contributed by atoms with Gasteiger partial charge < -0.3 is 30.5 Å². The van der Waals surface area contributed by atoms with Gasteiger partial charge in [0.2, 0.25) is 0 Å². The van der Waals surface area contributed by atoms with Gasteiger partial charge in [0.1, 0.15) is 6.17 Å². The lowest BCUT2D eigenvalue weighted by Crippen LogP contribution is -2.94. The number of nitrogens with two attached hydrogens (primary N) is 2. The van der Waals surface area contributed by atoms with Gasteiger partial charge in [-0.05, 0) is 76.0 Å². The van der Waals surface area contributed by atoms with Gasteiger partial charge in [-0.2, -0.15) is 0 Å². The number of unbranched alkanes of at least 4 members (excludes halogenated alkanes) is 7. The van der Waals surface area contributed by atoms with Crippen LogP contribution in [0.1, 0.15) is 135 Å². The maximum atomic E-state index is 11.7. The molecule has 0 aromatic carbocycles. The highest BCUT2D eigenvalue weighted by Crippen LogP contribution is 2.42. The molecule has 0 spiro atoms. The average Bonchev–Trinajstić information content (AvgIpc) is 3.22. The monoisotopic (exact) mass is 526 g/mol. The zero-order valence-electron chi connectivity index (χ0n) is 23.6. The van der Waals surface area contributed by atoms with E-state index in [0.29, 0.717) is 31.1 Å². The molecule has 0 radical (unpaired) electrons. The Labute approximate surface area is 226 Å². The lowest BCUT2D eigenvalue weighted by Gasteiger charge is -2.29. The van der Waals surface area contributed by atoms with Crippen molar-refractivity contribution in [3.05, 3.63) is 0 Å². The molecule has 7 nitrogen and oxygen atoms in total. The Bertz CT molecular complexity index is 621. The van der Waals surface area contributed by atoms with E-state index in [1.807, 2.05) is 0 Å². The molecule has 2 fully saturated rings.